The normalized spacial score (nSPS) is 20.0. The molecule has 0 radical (unpaired) electrons. The number of hydrogen-bond donors (Lipinski definition) is 1. The molecule has 1 heterocycles. The quantitative estimate of drug-likeness (QED) is 0.799. The van der Waals surface area contributed by atoms with Gasteiger partial charge in [0.15, 0.2) is 5.78 Å². The van der Waals surface area contributed by atoms with E-state index in [1.807, 2.05) is 19.1 Å². The first kappa shape index (κ1) is 12.1. The zero-order chi connectivity index (χ0) is 12.3. The van der Waals surface area contributed by atoms with Crippen molar-refractivity contribution in [1.82, 2.24) is 5.32 Å². The van der Waals surface area contributed by atoms with Gasteiger partial charge >= 0.3 is 0 Å². The van der Waals surface area contributed by atoms with E-state index in [9.17, 15) is 4.79 Å². The van der Waals surface area contributed by atoms with Crippen LogP contribution in [0.3, 0.4) is 0 Å². The molecule has 1 N–H and O–H groups in total. The molecular formula is C13H17NO3. The van der Waals surface area contributed by atoms with Crippen molar-refractivity contribution >= 4 is 5.78 Å². The number of benzene rings is 1. The van der Waals surface area contributed by atoms with E-state index in [0.29, 0.717) is 18.8 Å². The molecule has 1 aromatic rings. The number of carbonyl (C=O) groups excluding carboxylic acids is 1. The van der Waals surface area contributed by atoms with E-state index in [1.165, 1.54) is 0 Å². The molecule has 1 fully saturated rings. The Balaban J connectivity index is 2.16. The third kappa shape index (κ3) is 2.65. The molecule has 4 nitrogen and oxygen atoms in total. The molecule has 1 aromatic carbocycles. The predicted molar refractivity (Wildman–Crippen MR) is 64.7 cm³/mol. The zero-order valence-electron chi connectivity index (χ0n) is 10.2. The van der Waals surface area contributed by atoms with Gasteiger partial charge in [-0.3, -0.25) is 4.79 Å². The van der Waals surface area contributed by atoms with Crippen LogP contribution in [-0.2, 0) is 4.74 Å². The second-order valence-corrected chi connectivity index (χ2v) is 4.13. The molecule has 1 unspecified atom stereocenters. The van der Waals surface area contributed by atoms with Crippen LogP contribution in [-0.4, -0.2) is 38.7 Å². The monoisotopic (exact) mass is 235 g/mol. The Bertz CT molecular complexity index is 411. The van der Waals surface area contributed by atoms with Crippen molar-refractivity contribution in [2.24, 2.45) is 0 Å². The second kappa shape index (κ2) is 5.29. The van der Waals surface area contributed by atoms with Crippen LogP contribution in [0.25, 0.3) is 0 Å². The Labute approximate surface area is 101 Å². The molecule has 0 saturated carbocycles. The fourth-order valence-electron chi connectivity index (χ4n) is 1.97. The van der Waals surface area contributed by atoms with Crippen molar-refractivity contribution in [2.45, 2.75) is 13.0 Å². The van der Waals surface area contributed by atoms with E-state index >= 15 is 0 Å². The average molecular weight is 235 g/mol. The molecule has 1 aliphatic rings. The van der Waals surface area contributed by atoms with Crippen LogP contribution in [0.5, 0.6) is 5.75 Å². The largest absolute Gasteiger partial charge is 0.496 e. The van der Waals surface area contributed by atoms with Crippen molar-refractivity contribution in [3.05, 3.63) is 29.3 Å². The number of Topliss-reactive ketones (excluding diaryl/α,β-unsaturated/α-hetero) is 1. The highest BCUT2D eigenvalue weighted by atomic mass is 16.5. The third-order valence-electron chi connectivity index (χ3n) is 2.92. The minimum atomic E-state index is -0.225. The number of nitrogens with one attached hydrogen (secondary N) is 1. The van der Waals surface area contributed by atoms with Crippen LogP contribution in [0, 0.1) is 6.92 Å². The summed E-state index contributed by atoms with van der Waals surface area (Å²) in [6.07, 6.45) is 0. The summed E-state index contributed by atoms with van der Waals surface area (Å²) in [5, 5.41) is 3.16. The lowest BCUT2D eigenvalue weighted by molar-refractivity contribution is 0.0607. The van der Waals surface area contributed by atoms with Gasteiger partial charge in [0.05, 0.1) is 26.4 Å². The number of ketones is 1. The van der Waals surface area contributed by atoms with Gasteiger partial charge in [0.25, 0.3) is 0 Å². The summed E-state index contributed by atoms with van der Waals surface area (Å²) in [5.74, 6) is 0.879. The molecule has 0 spiro atoms. The van der Waals surface area contributed by atoms with Crippen LogP contribution < -0.4 is 10.1 Å². The summed E-state index contributed by atoms with van der Waals surface area (Å²) >= 11 is 0. The number of aryl methyl sites for hydroxylation is 1. The maximum Gasteiger partial charge on any atom is 0.182 e. The molecular weight excluding hydrogens is 218 g/mol. The van der Waals surface area contributed by atoms with Crippen LogP contribution in [0.15, 0.2) is 18.2 Å². The molecule has 0 aliphatic carbocycles. The Morgan fingerprint density at radius 2 is 2.35 bits per heavy atom. The highest BCUT2D eigenvalue weighted by molar-refractivity contribution is 6.00. The highest BCUT2D eigenvalue weighted by Crippen LogP contribution is 2.19. The molecule has 4 heteroatoms. The summed E-state index contributed by atoms with van der Waals surface area (Å²) < 4.78 is 10.5. The van der Waals surface area contributed by atoms with Gasteiger partial charge in [0, 0.05) is 12.1 Å². The number of hydrogen-bond acceptors (Lipinski definition) is 4. The van der Waals surface area contributed by atoms with E-state index in [1.54, 1.807) is 13.2 Å². The van der Waals surface area contributed by atoms with Gasteiger partial charge in [-0.25, -0.2) is 0 Å². The number of rotatable bonds is 3. The predicted octanol–water partition coefficient (Wildman–Crippen LogP) is 1.17. The highest BCUT2D eigenvalue weighted by Gasteiger charge is 2.22. The Kier molecular flexibility index (Phi) is 3.76. The Hall–Kier alpha value is -1.39. The topological polar surface area (TPSA) is 47.6 Å². The maximum atomic E-state index is 12.2. The van der Waals surface area contributed by atoms with Crippen LogP contribution in [0.2, 0.25) is 0 Å². The van der Waals surface area contributed by atoms with E-state index in [2.05, 4.69) is 5.32 Å². The lowest BCUT2D eigenvalue weighted by atomic mass is 10.0. The fourth-order valence-corrected chi connectivity index (χ4v) is 1.97. The zero-order valence-corrected chi connectivity index (χ0v) is 10.2. The minimum absolute atomic E-state index is 0.0791. The van der Waals surface area contributed by atoms with E-state index < -0.39 is 0 Å². The maximum absolute atomic E-state index is 12.2. The number of ether oxygens (including phenoxy) is 2. The Morgan fingerprint density at radius 1 is 1.53 bits per heavy atom. The van der Waals surface area contributed by atoms with Gasteiger partial charge in [-0.1, -0.05) is 0 Å². The first-order valence-corrected chi connectivity index (χ1v) is 5.72. The molecule has 1 atom stereocenters. The van der Waals surface area contributed by atoms with Gasteiger partial charge in [-0.15, -0.1) is 0 Å². The Morgan fingerprint density at radius 3 is 2.94 bits per heavy atom. The molecule has 0 aromatic heterocycles. The van der Waals surface area contributed by atoms with Crippen LogP contribution >= 0.6 is 0 Å². The number of methoxy groups -OCH3 is 1. The first-order chi connectivity index (χ1) is 8.22. The summed E-state index contributed by atoms with van der Waals surface area (Å²) in [5.41, 5.74) is 1.67. The SMILES string of the molecule is COc1ccc(C(=O)C2COCCN2)cc1C. The summed E-state index contributed by atoms with van der Waals surface area (Å²) in [6.45, 7) is 3.78. The molecule has 92 valence electrons. The molecule has 1 aliphatic heterocycles. The first-order valence-electron chi connectivity index (χ1n) is 5.72. The van der Waals surface area contributed by atoms with Crippen molar-refractivity contribution < 1.29 is 14.3 Å². The van der Waals surface area contributed by atoms with Crippen LogP contribution in [0.1, 0.15) is 15.9 Å². The van der Waals surface area contributed by atoms with Gasteiger partial charge in [-0.2, -0.15) is 0 Å². The van der Waals surface area contributed by atoms with Crippen molar-refractivity contribution in [3.63, 3.8) is 0 Å². The molecule has 0 amide bonds. The van der Waals surface area contributed by atoms with Crippen molar-refractivity contribution in [1.29, 1.82) is 0 Å². The summed E-state index contributed by atoms with van der Waals surface area (Å²) in [6, 6.07) is 5.25. The van der Waals surface area contributed by atoms with Crippen molar-refractivity contribution in [2.75, 3.05) is 26.9 Å². The van der Waals surface area contributed by atoms with E-state index in [-0.39, 0.29) is 11.8 Å². The van der Waals surface area contributed by atoms with Crippen LogP contribution in [0.4, 0.5) is 0 Å². The van der Waals surface area contributed by atoms with Gasteiger partial charge in [0.2, 0.25) is 0 Å². The van der Waals surface area contributed by atoms with Gasteiger partial charge in [-0.05, 0) is 30.7 Å². The molecule has 17 heavy (non-hydrogen) atoms. The summed E-state index contributed by atoms with van der Waals surface area (Å²) in [4.78, 5) is 12.2. The second-order valence-electron chi connectivity index (χ2n) is 4.13. The fraction of sp³-hybridized carbons (Fsp3) is 0.462. The number of carbonyl (C=O) groups is 1. The molecule has 0 bridgehead atoms. The number of morpholine rings is 1. The molecule has 1 saturated heterocycles. The lowest BCUT2D eigenvalue weighted by Crippen LogP contribution is -2.46. The minimum Gasteiger partial charge on any atom is -0.496 e. The average Bonchev–Trinajstić information content (AvgIpc) is 2.39. The standard InChI is InChI=1S/C13H17NO3/c1-9-7-10(3-4-12(9)16-2)13(15)11-8-17-6-5-14-11/h3-4,7,11,14H,5-6,8H2,1-2H3. The third-order valence-corrected chi connectivity index (χ3v) is 2.92. The van der Waals surface area contributed by atoms with E-state index in [0.717, 1.165) is 17.9 Å². The molecule has 2 rings (SSSR count). The summed E-state index contributed by atoms with van der Waals surface area (Å²) in [7, 11) is 1.63. The van der Waals surface area contributed by atoms with Crippen molar-refractivity contribution in [3.8, 4) is 5.75 Å². The van der Waals surface area contributed by atoms with E-state index in [4.69, 9.17) is 9.47 Å². The lowest BCUT2D eigenvalue weighted by Gasteiger charge is -2.22. The smallest absolute Gasteiger partial charge is 0.182 e. The van der Waals surface area contributed by atoms with Gasteiger partial charge < -0.3 is 14.8 Å². The van der Waals surface area contributed by atoms with Gasteiger partial charge in [0.1, 0.15) is 5.75 Å².